The standard InChI is InChI=1S/C11H20N2O/c1-10(2,8-12)11(3,14)9-6-4-5-7-13-9/h9,13-14H,4-7H2,1-3H3. The van der Waals surface area contributed by atoms with Gasteiger partial charge >= 0.3 is 0 Å². The van der Waals surface area contributed by atoms with Crippen LogP contribution in [0.15, 0.2) is 0 Å². The number of nitriles is 1. The Hall–Kier alpha value is -0.590. The van der Waals surface area contributed by atoms with Crippen molar-refractivity contribution >= 4 is 0 Å². The summed E-state index contributed by atoms with van der Waals surface area (Å²) in [5.74, 6) is 0. The number of nitrogens with one attached hydrogen (secondary N) is 1. The number of hydrogen-bond donors (Lipinski definition) is 2. The Morgan fingerprint density at radius 3 is 2.43 bits per heavy atom. The van der Waals surface area contributed by atoms with Gasteiger partial charge < -0.3 is 10.4 Å². The molecule has 0 aromatic carbocycles. The van der Waals surface area contributed by atoms with Gasteiger partial charge in [0, 0.05) is 6.04 Å². The summed E-state index contributed by atoms with van der Waals surface area (Å²) < 4.78 is 0. The zero-order valence-electron chi connectivity index (χ0n) is 9.30. The molecular weight excluding hydrogens is 176 g/mol. The van der Waals surface area contributed by atoms with Crippen LogP contribution in [0.3, 0.4) is 0 Å². The summed E-state index contributed by atoms with van der Waals surface area (Å²) in [7, 11) is 0. The molecule has 3 heteroatoms. The van der Waals surface area contributed by atoms with Crippen molar-refractivity contribution in [2.75, 3.05) is 6.54 Å². The van der Waals surface area contributed by atoms with Crippen LogP contribution in [0.25, 0.3) is 0 Å². The van der Waals surface area contributed by atoms with Gasteiger partial charge in [-0.1, -0.05) is 6.42 Å². The number of rotatable bonds is 2. The minimum Gasteiger partial charge on any atom is -0.387 e. The van der Waals surface area contributed by atoms with Gasteiger partial charge in [0.1, 0.15) is 0 Å². The van der Waals surface area contributed by atoms with E-state index in [0.717, 1.165) is 19.4 Å². The Morgan fingerprint density at radius 2 is 2.00 bits per heavy atom. The summed E-state index contributed by atoms with van der Waals surface area (Å²) in [5.41, 5.74) is -1.66. The van der Waals surface area contributed by atoms with E-state index in [1.807, 2.05) is 0 Å². The van der Waals surface area contributed by atoms with Crippen molar-refractivity contribution in [3.8, 4) is 6.07 Å². The average Bonchev–Trinajstić information content (AvgIpc) is 2.19. The number of hydrogen-bond acceptors (Lipinski definition) is 3. The molecule has 0 saturated carbocycles. The SMILES string of the molecule is CC(C)(C#N)C(C)(O)C1CCCCN1. The van der Waals surface area contributed by atoms with E-state index < -0.39 is 11.0 Å². The quantitative estimate of drug-likeness (QED) is 0.702. The smallest absolute Gasteiger partial charge is 0.0951 e. The van der Waals surface area contributed by atoms with Gasteiger partial charge in [-0.05, 0) is 40.2 Å². The van der Waals surface area contributed by atoms with Gasteiger partial charge in [0.25, 0.3) is 0 Å². The van der Waals surface area contributed by atoms with Gasteiger partial charge in [0.15, 0.2) is 0 Å². The van der Waals surface area contributed by atoms with Gasteiger partial charge in [-0.25, -0.2) is 0 Å². The van der Waals surface area contributed by atoms with Crippen molar-refractivity contribution in [2.24, 2.45) is 5.41 Å². The highest BCUT2D eigenvalue weighted by atomic mass is 16.3. The maximum absolute atomic E-state index is 10.4. The molecular formula is C11H20N2O. The molecule has 0 amide bonds. The topological polar surface area (TPSA) is 56.0 Å². The van der Waals surface area contributed by atoms with Crippen LogP contribution >= 0.6 is 0 Å². The molecule has 0 aromatic rings. The normalized spacial score (nSPS) is 27.8. The Balaban J connectivity index is 2.78. The van der Waals surface area contributed by atoms with Crippen LogP contribution < -0.4 is 5.32 Å². The molecule has 1 heterocycles. The molecule has 14 heavy (non-hydrogen) atoms. The molecule has 1 fully saturated rings. The van der Waals surface area contributed by atoms with E-state index in [4.69, 9.17) is 5.26 Å². The van der Waals surface area contributed by atoms with E-state index in [9.17, 15) is 5.11 Å². The lowest BCUT2D eigenvalue weighted by Crippen LogP contribution is -2.58. The fourth-order valence-corrected chi connectivity index (χ4v) is 1.88. The van der Waals surface area contributed by atoms with E-state index in [2.05, 4.69) is 11.4 Å². The Bertz CT molecular complexity index is 234. The van der Waals surface area contributed by atoms with Gasteiger partial charge in [-0.2, -0.15) is 5.26 Å². The molecule has 0 aliphatic carbocycles. The van der Waals surface area contributed by atoms with E-state index in [1.165, 1.54) is 6.42 Å². The van der Waals surface area contributed by atoms with Crippen molar-refractivity contribution in [1.29, 1.82) is 5.26 Å². The second-order valence-electron chi connectivity index (χ2n) is 4.89. The van der Waals surface area contributed by atoms with Crippen LogP contribution in [0.4, 0.5) is 0 Å². The van der Waals surface area contributed by atoms with Crippen LogP contribution in [-0.2, 0) is 0 Å². The minimum atomic E-state index is -0.956. The van der Waals surface area contributed by atoms with Gasteiger partial charge in [-0.3, -0.25) is 0 Å². The molecule has 80 valence electrons. The monoisotopic (exact) mass is 196 g/mol. The van der Waals surface area contributed by atoms with E-state index in [0.29, 0.717) is 0 Å². The second-order valence-corrected chi connectivity index (χ2v) is 4.89. The highest BCUT2D eigenvalue weighted by molar-refractivity contribution is 5.09. The van der Waals surface area contributed by atoms with Gasteiger partial charge in [-0.15, -0.1) is 0 Å². The molecule has 3 nitrogen and oxygen atoms in total. The van der Waals surface area contributed by atoms with Crippen molar-refractivity contribution in [3.63, 3.8) is 0 Å². The van der Waals surface area contributed by atoms with Gasteiger partial charge in [0.05, 0.1) is 17.1 Å². The molecule has 2 atom stereocenters. The highest BCUT2D eigenvalue weighted by Gasteiger charge is 2.46. The molecule has 1 saturated heterocycles. The zero-order chi connectivity index (χ0) is 10.8. The second kappa shape index (κ2) is 3.88. The summed E-state index contributed by atoms with van der Waals surface area (Å²) in [4.78, 5) is 0. The Morgan fingerprint density at radius 1 is 1.36 bits per heavy atom. The first-order chi connectivity index (χ1) is 6.42. The van der Waals surface area contributed by atoms with Crippen LogP contribution in [0, 0.1) is 16.7 Å². The first-order valence-electron chi connectivity index (χ1n) is 5.29. The van der Waals surface area contributed by atoms with Gasteiger partial charge in [0.2, 0.25) is 0 Å². The van der Waals surface area contributed by atoms with E-state index >= 15 is 0 Å². The molecule has 1 aliphatic rings. The van der Waals surface area contributed by atoms with Crippen LogP contribution in [-0.4, -0.2) is 23.3 Å². The van der Waals surface area contributed by atoms with Crippen LogP contribution in [0.1, 0.15) is 40.0 Å². The summed E-state index contributed by atoms with van der Waals surface area (Å²) >= 11 is 0. The van der Waals surface area contributed by atoms with E-state index in [1.54, 1.807) is 20.8 Å². The molecule has 2 unspecified atom stereocenters. The maximum Gasteiger partial charge on any atom is 0.0951 e. The van der Waals surface area contributed by atoms with Crippen molar-refractivity contribution < 1.29 is 5.11 Å². The van der Waals surface area contributed by atoms with Crippen molar-refractivity contribution in [1.82, 2.24) is 5.32 Å². The third-order valence-corrected chi connectivity index (χ3v) is 3.53. The average molecular weight is 196 g/mol. The van der Waals surface area contributed by atoms with E-state index in [-0.39, 0.29) is 6.04 Å². The predicted octanol–water partition coefficient (Wildman–Crippen LogP) is 1.43. The lowest BCUT2D eigenvalue weighted by molar-refractivity contribution is -0.0599. The summed E-state index contributed by atoms with van der Waals surface area (Å²) in [6.45, 7) is 6.30. The number of piperidine rings is 1. The molecule has 0 spiro atoms. The predicted molar refractivity (Wildman–Crippen MR) is 55.7 cm³/mol. The lowest BCUT2D eigenvalue weighted by atomic mass is 9.71. The lowest BCUT2D eigenvalue weighted by Gasteiger charge is -2.43. The minimum absolute atomic E-state index is 0.0471. The molecule has 1 rings (SSSR count). The number of nitrogens with zero attached hydrogens (tertiary/aromatic N) is 1. The molecule has 0 aromatic heterocycles. The number of aliphatic hydroxyl groups is 1. The fraction of sp³-hybridized carbons (Fsp3) is 0.909. The summed E-state index contributed by atoms with van der Waals surface area (Å²) in [6, 6.07) is 2.24. The fourth-order valence-electron chi connectivity index (χ4n) is 1.88. The van der Waals surface area contributed by atoms with Crippen LogP contribution in [0.5, 0.6) is 0 Å². The zero-order valence-corrected chi connectivity index (χ0v) is 9.30. The first kappa shape index (κ1) is 11.5. The maximum atomic E-state index is 10.4. The largest absolute Gasteiger partial charge is 0.387 e. The third kappa shape index (κ3) is 1.92. The molecule has 0 bridgehead atoms. The Kier molecular flexibility index (Phi) is 3.18. The Labute approximate surface area is 86.1 Å². The van der Waals surface area contributed by atoms with Crippen molar-refractivity contribution in [2.45, 2.75) is 51.7 Å². The third-order valence-electron chi connectivity index (χ3n) is 3.53. The summed E-state index contributed by atoms with van der Waals surface area (Å²) in [6.07, 6.45) is 3.26. The molecule has 0 radical (unpaired) electrons. The van der Waals surface area contributed by atoms with Crippen molar-refractivity contribution in [3.05, 3.63) is 0 Å². The summed E-state index contributed by atoms with van der Waals surface area (Å²) in [5, 5.41) is 22.7. The molecule has 2 N–H and O–H groups in total. The molecule has 1 aliphatic heterocycles. The van der Waals surface area contributed by atoms with Crippen LogP contribution in [0.2, 0.25) is 0 Å². The first-order valence-corrected chi connectivity index (χ1v) is 5.29. The highest BCUT2D eigenvalue weighted by Crippen LogP contribution is 2.35.